The minimum absolute atomic E-state index is 0.330. The highest BCUT2D eigenvalue weighted by Crippen LogP contribution is 2.04. The van der Waals surface area contributed by atoms with Gasteiger partial charge in [-0.1, -0.05) is 0 Å². The molecular formula is C10H18N2O. The van der Waals surface area contributed by atoms with E-state index in [4.69, 9.17) is 11.2 Å². The Bertz CT molecular complexity index is 174. The van der Waals surface area contributed by atoms with E-state index in [2.05, 4.69) is 16.1 Å². The highest BCUT2D eigenvalue weighted by Gasteiger charge is 2.18. The van der Waals surface area contributed by atoms with Crippen molar-refractivity contribution in [1.29, 1.82) is 0 Å². The maximum absolute atomic E-state index is 5.57. The molecule has 0 aliphatic carbocycles. The lowest BCUT2D eigenvalue weighted by Gasteiger charge is -2.32. The molecule has 1 rings (SSSR count). The lowest BCUT2D eigenvalue weighted by Crippen LogP contribution is -2.46. The van der Waals surface area contributed by atoms with Crippen molar-refractivity contribution in [1.82, 2.24) is 10.2 Å². The zero-order chi connectivity index (χ0) is 9.52. The summed E-state index contributed by atoms with van der Waals surface area (Å²) in [6, 6.07) is 0. The van der Waals surface area contributed by atoms with Crippen LogP contribution in [-0.4, -0.2) is 50.8 Å². The second kappa shape index (κ2) is 5.98. The van der Waals surface area contributed by atoms with Gasteiger partial charge < -0.3 is 10.1 Å². The van der Waals surface area contributed by atoms with E-state index >= 15 is 0 Å². The molecule has 1 N–H and O–H groups in total. The molecule has 1 fully saturated rings. The zero-order valence-corrected chi connectivity index (χ0v) is 8.25. The van der Waals surface area contributed by atoms with Crippen molar-refractivity contribution in [3.63, 3.8) is 0 Å². The summed E-state index contributed by atoms with van der Waals surface area (Å²) in [6.45, 7) is 4.77. The van der Waals surface area contributed by atoms with Gasteiger partial charge in [-0.3, -0.25) is 4.90 Å². The van der Waals surface area contributed by atoms with Crippen molar-refractivity contribution in [2.45, 2.75) is 12.5 Å². The standard InChI is InChI=1S/C10H18N2O/c1-3-4-5-12-6-7-13-10(9-12)8-11-2/h1,10-11H,4-9H2,2H3. The number of morpholine rings is 1. The van der Waals surface area contributed by atoms with E-state index < -0.39 is 0 Å². The van der Waals surface area contributed by atoms with E-state index in [0.29, 0.717) is 6.10 Å². The number of nitrogens with one attached hydrogen (secondary N) is 1. The second-order valence-electron chi connectivity index (χ2n) is 3.31. The number of hydrogen-bond donors (Lipinski definition) is 1. The molecule has 74 valence electrons. The summed E-state index contributed by atoms with van der Waals surface area (Å²) in [6.07, 6.45) is 6.39. The third-order valence-corrected chi connectivity index (χ3v) is 2.23. The second-order valence-corrected chi connectivity index (χ2v) is 3.31. The van der Waals surface area contributed by atoms with Crippen molar-refractivity contribution >= 4 is 0 Å². The monoisotopic (exact) mass is 182 g/mol. The van der Waals surface area contributed by atoms with Crippen molar-refractivity contribution in [3.8, 4) is 12.3 Å². The van der Waals surface area contributed by atoms with E-state index in [1.54, 1.807) is 0 Å². The average molecular weight is 182 g/mol. The molecule has 0 aromatic carbocycles. The van der Waals surface area contributed by atoms with Gasteiger partial charge in [0.1, 0.15) is 0 Å². The molecule has 0 saturated carbocycles. The molecule has 0 bridgehead atoms. The molecule has 0 amide bonds. The number of terminal acetylenes is 1. The molecule has 0 spiro atoms. The van der Waals surface area contributed by atoms with Crippen LogP contribution < -0.4 is 5.32 Å². The smallest absolute Gasteiger partial charge is 0.0826 e. The Morgan fingerprint density at radius 2 is 2.54 bits per heavy atom. The van der Waals surface area contributed by atoms with Crippen LogP contribution in [0.1, 0.15) is 6.42 Å². The fourth-order valence-corrected chi connectivity index (χ4v) is 1.56. The SMILES string of the molecule is C#CCCN1CCOC(CNC)C1. The molecule has 0 aromatic rings. The van der Waals surface area contributed by atoms with E-state index in [1.807, 2.05) is 7.05 Å². The molecular weight excluding hydrogens is 164 g/mol. The van der Waals surface area contributed by atoms with E-state index in [0.717, 1.165) is 39.2 Å². The summed E-state index contributed by atoms with van der Waals surface area (Å²) in [7, 11) is 1.95. The largest absolute Gasteiger partial charge is 0.374 e. The molecule has 1 saturated heterocycles. The number of ether oxygens (including phenoxy) is 1. The third-order valence-electron chi connectivity index (χ3n) is 2.23. The van der Waals surface area contributed by atoms with Gasteiger partial charge in [-0.15, -0.1) is 12.3 Å². The van der Waals surface area contributed by atoms with E-state index in [1.165, 1.54) is 0 Å². The maximum Gasteiger partial charge on any atom is 0.0826 e. The van der Waals surface area contributed by atoms with Gasteiger partial charge in [0.25, 0.3) is 0 Å². The molecule has 0 aromatic heterocycles. The Hall–Kier alpha value is -0.560. The van der Waals surface area contributed by atoms with Crippen LogP contribution in [0, 0.1) is 12.3 Å². The summed E-state index contributed by atoms with van der Waals surface area (Å²) in [5, 5.41) is 3.12. The minimum atomic E-state index is 0.330. The number of hydrogen-bond acceptors (Lipinski definition) is 3. The Labute approximate surface area is 80.4 Å². The van der Waals surface area contributed by atoms with Gasteiger partial charge in [0.2, 0.25) is 0 Å². The first-order chi connectivity index (χ1) is 6.36. The Balaban J connectivity index is 2.21. The van der Waals surface area contributed by atoms with Crippen molar-refractivity contribution in [2.24, 2.45) is 0 Å². The summed E-state index contributed by atoms with van der Waals surface area (Å²) < 4.78 is 5.57. The van der Waals surface area contributed by atoms with E-state index in [9.17, 15) is 0 Å². The fourth-order valence-electron chi connectivity index (χ4n) is 1.56. The van der Waals surface area contributed by atoms with Gasteiger partial charge in [0.05, 0.1) is 12.7 Å². The first kappa shape index (κ1) is 10.5. The van der Waals surface area contributed by atoms with Gasteiger partial charge in [-0.25, -0.2) is 0 Å². The zero-order valence-electron chi connectivity index (χ0n) is 8.25. The van der Waals surface area contributed by atoms with Gasteiger partial charge in [0.15, 0.2) is 0 Å². The molecule has 1 aliphatic rings. The molecule has 3 heteroatoms. The maximum atomic E-state index is 5.57. The first-order valence-electron chi connectivity index (χ1n) is 4.79. The molecule has 1 aliphatic heterocycles. The predicted octanol–water partition coefficient (Wildman–Crippen LogP) is -0.0701. The van der Waals surface area contributed by atoms with Gasteiger partial charge in [-0.05, 0) is 7.05 Å². The molecule has 3 nitrogen and oxygen atoms in total. The summed E-state index contributed by atoms with van der Waals surface area (Å²) in [5.41, 5.74) is 0. The van der Waals surface area contributed by atoms with Gasteiger partial charge in [-0.2, -0.15) is 0 Å². The van der Waals surface area contributed by atoms with Gasteiger partial charge in [0, 0.05) is 32.6 Å². The molecule has 0 radical (unpaired) electrons. The van der Waals surface area contributed by atoms with Gasteiger partial charge >= 0.3 is 0 Å². The molecule has 1 atom stereocenters. The third kappa shape index (κ3) is 3.77. The fraction of sp³-hybridized carbons (Fsp3) is 0.800. The molecule has 1 unspecified atom stereocenters. The van der Waals surface area contributed by atoms with Crippen LogP contribution in [0.25, 0.3) is 0 Å². The lowest BCUT2D eigenvalue weighted by atomic mass is 10.2. The Morgan fingerprint density at radius 3 is 3.23 bits per heavy atom. The first-order valence-corrected chi connectivity index (χ1v) is 4.79. The quantitative estimate of drug-likeness (QED) is 0.616. The normalized spacial score (nSPS) is 24.2. The van der Waals surface area contributed by atoms with Crippen LogP contribution in [-0.2, 0) is 4.74 Å². The van der Waals surface area contributed by atoms with E-state index in [-0.39, 0.29) is 0 Å². The van der Waals surface area contributed by atoms with Crippen LogP contribution in [0.15, 0.2) is 0 Å². The number of likely N-dealkylation sites (N-methyl/N-ethyl adjacent to an activating group) is 1. The van der Waals surface area contributed by atoms with Crippen molar-refractivity contribution in [2.75, 3.05) is 39.8 Å². The Morgan fingerprint density at radius 1 is 1.69 bits per heavy atom. The average Bonchev–Trinajstić information content (AvgIpc) is 2.16. The highest BCUT2D eigenvalue weighted by molar-refractivity contribution is 4.85. The van der Waals surface area contributed by atoms with Crippen LogP contribution in [0.2, 0.25) is 0 Å². The summed E-state index contributed by atoms with van der Waals surface area (Å²) in [4.78, 5) is 2.37. The number of nitrogens with zero attached hydrogens (tertiary/aromatic N) is 1. The number of rotatable bonds is 4. The van der Waals surface area contributed by atoms with Crippen LogP contribution >= 0.6 is 0 Å². The minimum Gasteiger partial charge on any atom is -0.374 e. The van der Waals surface area contributed by atoms with Crippen LogP contribution in [0.4, 0.5) is 0 Å². The van der Waals surface area contributed by atoms with Crippen molar-refractivity contribution in [3.05, 3.63) is 0 Å². The summed E-state index contributed by atoms with van der Waals surface area (Å²) in [5.74, 6) is 2.66. The molecule has 13 heavy (non-hydrogen) atoms. The topological polar surface area (TPSA) is 24.5 Å². The lowest BCUT2D eigenvalue weighted by molar-refractivity contribution is -0.0254. The predicted molar refractivity (Wildman–Crippen MR) is 53.6 cm³/mol. The van der Waals surface area contributed by atoms with Crippen molar-refractivity contribution < 1.29 is 4.74 Å². The van der Waals surface area contributed by atoms with Crippen LogP contribution in [0.3, 0.4) is 0 Å². The highest BCUT2D eigenvalue weighted by atomic mass is 16.5. The van der Waals surface area contributed by atoms with Crippen LogP contribution in [0.5, 0.6) is 0 Å². The molecule has 1 heterocycles. The summed E-state index contributed by atoms with van der Waals surface area (Å²) >= 11 is 0. The Kier molecular flexibility index (Phi) is 4.84.